The molecule has 23 heavy (non-hydrogen) atoms. The van der Waals surface area contributed by atoms with Crippen molar-refractivity contribution in [1.82, 2.24) is 0 Å². The molecule has 2 aromatic rings. The van der Waals surface area contributed by atoms with Gasteiger partial charge >= 0.3 is 0 Å². The standard InChI is InChI=1S/C22H29N/c1-3-18-8-9-21(16-18)20-10-12-22(13-11-20)23-15-14-19-6-4-17(2)5-7-19/h4-7,10-13,18,21,23H,3,8-9,14-16H2,1-2H3. The fourth-order valence-corrected chi connectivity index (χ4v) is 3.73. The molecule has 0 heterocycles. The van der Waals surface area contributed by atoms with Gasteiger partial charge in [-0.2, -0.15) is 0 Å². The van der Waals surface area contributed by atoms with Crippen LogP contribution in [0.4, 0.5) is 5.69 Å². The van der Waals surface area contributed by atoms with Gasteiger partial charge in [0, 0.05) is 12.2 Å². The minimum absolute atomic E-state index is 0.793. The second-order valence-electron chi connectivity index (χ2n) is 7.07. The maximum atomic E-state index is 3.55. The molecule has 0 aliphatic heterocycles. The molecular formula is C22H29N. The van der Waals surface area contributed by atoms with Crippen molar-refractivity contribution in [2.75, 3.05) is 11.9 Å². The molecule has 1 fully saturated rings. The van der Waals surface area contributed by atoms with Gasteiger partial charge in [0.15, 0.2) is 0 Å². The second-order valence-corrected chi connectivity index (χ2v) is 7.07. The highest BCUT2D eigenvalue weighted by molar-refractivity contribution is 5.45. The highest BCUT2D eigenvalue weighted by atomic mass is 14.9. The average molecular weight is 307 g/mol. The Morgan fingerprint density at radius 3 is 2.35 bits per heavy atom. The Kier molecular flexibility index (Phi) is 5.38. The highest BCUT2D eigenvalue weighted by Crippen LogP contribution is 2.39. The van der Waals surface area contributed by atoms with E-state index < -0.39 is 0 Å². The molecule has 2 unspecified atom stereocenters. The van der Waals surface area contributed by atoms with Crippen LogP contribution in [-0.2, 0) is 6.42 Å². The number of hydrogen-bond donors (Lipinski definition) is 1. The van der Waals surface area contributed by atoms with Crippen LogP contribution < -0.4 is 5.32 Å². The second kappa shape index (κ2) is 7.68. The van der Waals surface area contributed by atoms with Gasteiger partial charge in [-0.15, -0.1) is 0 Å². The van der Waals surface area contributed by atoms with Crippen LogP contribution in [0.25, 0.3) is 0 Å². The van der Waals surface area contributed by atoms with Crippen molar-refractivity contribution < 1.29 is 0 Å². The van der Waals surface area contributed by atoms with Gasteiger partial charge in [0.2, 0.25) is 0 Å². The van der Waals surface area contributed by atoms with E-state index in [1.54, 1.807) is 0 Å². The van der Waals surface area contributed by atoms with Gasteiger partial charge < -0.3 is 5.32 Å². The Labute approximate surface area is 141 Å². The first-order valence-electron chi connectivity index (χ1n) is 9.14. The van der Waals surface area contributed by atoms with E-state index in [9.17, 15) is 0 Å². The van der Waals surface area contributed by atoms with E-state index in [1.807, 2.05) is 0 Å². The Morgan fingerprint density at radius 1 is 0.957 bits per heavy atom. The quantitative estimate of drug-likeness (QED) is 0.696. The summed E-state index contributed by atoms with van der Waals surface area (Å²) in [5.74, 6) is 1.74. The third-order valence-corrected chi connectivity index (χ3v) is 5.36. The molecule has 122 valence electrons. The molecule has 0 bridgehead atoms. The van der Waals surface area contributed by atoms with Crippen molar-refractivity contribution in [3.05, 3.63) is 65.2 Å². The molecule has 1 nitrogen and oxygen atoms in total. The Morgan fingerprint density at radius 2 is 1.70 bits per heavy atom. The molecule has 0 radical (unpaired) electrons. The molecule has 0 aromatic heterocycles. The minimum Gasteiger partial charge on any atom is -0.385 e. The summed E-state index contributed by atoms with van der Waals surface area (Å²) in [5, 5.41) is 3.55. The normalized spacial score (nSPS) is 20.6. The van der Waals surface area contributed by atoms with Gasteiger partial charge in [-0.1, -0.05) is 55.3 Å². The van der Waals surface area contributed by atoms with E-state index >= 15 is 0 Å². The fourth-order valence-electron chi connectivity index (χ4n) is 3.73. The summed E-state index contributed by atoms with van der Waals surface area (Å²) >= 11 is 0. The molecule has 2 aromatic carbocycles. The van der Waals surface area contributed by atoms with Crippen LogP contribution in [0.1, 0.15) is 55.2 Å². The van der Waals surface area contributed by atoms with Crippen LogP contribution in [0.5, 0.6) is 0 Å². The Hall–Kier alpha value is -1.76. The zero-order valence-corrected chi connectivity index (χ0v) is 14.5. The van der Waals surface area contributed by atoms with Gasteiger partial charge in [0.25, 0.3) is 0 Å². The van der Waals surface area contributed by atoms with Crippen LogP contribution in [0.3, 0.4) is 0 Å². The number of anilines is 1. The van der Waals surface area contributed by atoms with Crippen LogP contribution >= 0.6 is 0 Å². The summed E-state index contributed by atoms with van der Waals surface area (Å²) < 4.78 is 0. The minimum atomic E-state index is 0.793. The molecule has 0 amide bonds. The molecule has 3 rings (SSSR count). The summed E-state index contributed by atoms with van der Waals surface area (Å²) in [6.45, 7) is 5.45. The van der Waals surface area contributed by atoms with E-state index in [1.165, 1.54) is 48.1 Å². The van der Waals surface area contributed by atoms with Crippen molar-refractivity contribution >= 4 is 5.69 Å². The van der Waals surface area contributed by atoms with Crippen LogP contribution in [-0.4, -0.2) is 6.54 Å². The molecule has 1 aliphatic carbocycles. The molecule has 2 atom stereocenters. The summed E-state index contributed by atoms with van der Waals surface area (Å²) in [5.41, 5.74) is 5.50. The third-order valence-electron chi connectivity index (χ3n) is 5.36. The number of rotatable bonds is 6. The monoisotopic (exact) mass is 307 g/mol. The first kappa shape index (κ1) is 16.1. The zero-order valence-electron chi connectivity index (χ0n) is 14.5. The van der Waals surface area contributed by atoms with Gasteiger partial charge in [0.1, 0.15) is 0 Å². The smallest absolute Gasteiger partial charge is 0.0340 e. The van der Waals surface area contributed by atoms with Crippen LogP contribution in [0.15, 0.2) is 48.5 Å². The zero-order chi connectivity index (χ0) is 16.1. The highest BCUT2D eigenvalue weighted by Gasteiger charge is 2.24. The first-order valence-corrected chi connectivity index (χ1v) is 9.14. The van der Waals surface area contributed by atoms with Crippen molar-refractivity contribution in [1.29, 1.82) is 0 Å². The van der Waals surface area contributed by atoms with E-state index in [-0.39, 0.29) is 0 Å². The van der Waals surface area contributed by atoms with Gasteiger partial charge in [-0.05, 0) is 67.7 Å². The molecule has 1 heteroatoms. The van der Waals surface area contributed by atoms with Gasteiger partial charge in [0.05, 0.1) is 0 Å². The number of hydrogen-bond acceptors (Lipinski definition) is 1. The topological polar surface area (TPSA) is 12.0 Å². The van der Waals surface area contributed by atoms with Crippen molar-refractivity contribution in [2.24, 2.45) is 5.92 Å². The predicted octanol–water partition coefficient (Wildman–Crippen LogP) is 5.94. The lowest BCUT2D eigenvalue weighted by atomic mass is 9.95. The molecule has 0 spiro atoms. The Balaban J connectivity index is 1.49. The Bertz CT molecular complexity index is 597. The first-order chi connectivity index (χ1) is 11.2. The summed E-state index contributed by atoms with van der Waals surface area (Å²) in [7, 11) is 0. The van der Waals surface area contributed by atoms with E-state index in [4.69, 9.17) is 0 Å². The largest absolute Gasteiger partial charge is 0.385 e. The maximum Gasteiger partial charge on any atom is 0.0340 e. The molecule has 1 N–H and O–H groups in total. The summed E-state index contributed by atoms with van der Waals surface area (Å²) in [6.07, 6.45) is 6.59. The van der Waals surface area contributed by atoms with Gasteiger partial charge in [-0.3, -0.25) is 0 Å². The SMILES string of the molecule is CCC1CCC(c2ccc(NCCc3ccc(C)cc3)cc2)C1. The number of nitrogens with one attached hydrogen (secondary N) is 1. The van der Waals surface area contributed by atoms with E-state index in [2.05, 4.69) is 67.7 Å². The van der Waals surface area contributed by atoms with Crippen LogP contribution in [0, 0.1) is 12.8 Å². The number of benzene rings is 2. The number of aryl methyl sites for hydroxylation is 1. The van der Waals surface area contributed by atoms with Gasteiger partial charge in [-0.25, -0.2) is 0 Å². The van der Waals surface area contributed by atoms with E-state index in [0.29, 0.717) is 0 Å². The molecule has 0 saturated heterocycles. The third kappa shape index (κ3) is 4.37. The van der Waals surface area contributed by atoms with Crippen LogP contribution in [0.2, 0.25) is 0 Å². The maximum absolute atomic E-state index is 3.55. The summed E-state index contributed by atoms with van der Waals surface area (Å²) in [4.78, 5) is 0. The lowest BCUT2D eigenvalue weighted by molar-refractivity contribution is 0.521. The lowest BCUT2D eigenvalue weighted by Gasteiger charge is -2.12. The summed E-state index contributed by atoms with van der Waals surface area (Å²) in [6, 6.07) is 18.0. The van der Waals surface area contributed by atoms with Crippen molar-refractivity contribution in [3.63, 3.8) is 0 Å². The molecule has 1 saturated carbocycles. The fraction of sp³-hybridized carbons (Fsp3) is 0.455. The molecule has 1 aliphatic rings. The van der Waals surface area contributed by atoms with Crippen molar-refractivity contribution in [3.8, 4) is 0 Å². The van der Waals surface area contributed by atoms with E-state index in [0.717, 1.165) is 24.8 Å². The predicted molar refractivity (Wildman–Crippen MR) is 100 cm³/mol. The lowest BCUT2D eigenvalue weighted by Crippen LogP contribution is -2.05. The average Bonchev–Trinajstić information content (AvgIpc) is 3.06. The van der Waals surface area contributed by atoms with Crippen molar-refractivity contribution in [2.45, 2.75) is 51.9 Å². The molecular weight excluding hydrogens is 278 g/mol.